The van der Waals surface area contributed by atoms with E-state index < -0.39 is 35.6 Å². The van der Waals surface area contributed by atoms with E-state index in [1.165, 1.54) is 0 Å². The average molecular weight is 671 g/mol. The van der Waals surface area contributed by atoms with Crippen molar-refractivity contribution in [1.82, 2.24) is 14.7 Å². The Labute approximate surface area is 270 Å². The minimum absolute atomic E-state index is 0.0570. The molecule has 3 amide bonds. The Morgan fingerprint density at radius 3 is 2.43 bits per heavy atom. The van der Waals surface area contributed by atoms with E-state index in [9.17, 15) is 19.5 Å². The van der Waals surface area contributed by atoms with Crippen LogP contribution in [0.15, 0.2) is 55.6 Å². The van der Waals surface area contributed by atoms with Crippen molar-refractivity contribution in [3.8, 4) is 0 Å². The van der Waals surface area contributed by atoms with Crippen molar-refractivity contribution in [2.75, 3.05) is 19.7 Å². The maximum absolute atomic E-state index is 14.9. The predicted molar refractivity (Wildman–Crippen MR) is 174 cm³/mol. The largest absolute Gasteiger partial charge is 0.394 e. The van der Waals surface area contributed by atoms with Crippen LogP contribution in [0.4, 0.5) is 0 Å². The number of amides is 3. The third-order valence-corrected chi connectivity index (χ3v) is 11.4. The number of aliphatic hydroxyl groups excluding tert-OH is 1. The highest BCUT2D eigenvalue weighted by Gasteiger charge is 2.77. The summed E-state index contributed by atoms with van der Waals surface area (Å²) in [7, 11) is 0. The van der Waals surface area contributed by atoms with Crippen LogP contribution in [-0.2, 0) is 25.7 Å². The van der Waals surface area contributed by atoms with Crippen molar-refractivity contribution in [2.45, 2.75) is 100.0 Å². The van der Waals surface area contributed by atoms with E-state index in [0.717, 1.165) is 44.1 Å². The number of hydrogen-bond donors (Lipinski definition) is 1. The van der Waals surface area contributed by atoms with Gasteiger partial charge in [-0.05, 0) is 30.7 Å². The molecule has 2 bridgehead atoms. The lowest BCUT2D eigenvalue weighted by atomic mass is 9.70. The van der Waals surface area contributed by atoms with Crippen LogP contribution < -0.4 is 0 Å². The Hall–Kier alpha value is -2.49. The second-order valence-corrected chi connectivity index (χ2v) is 14.3. The number of ether oxygens (including phenoxy) is 1. The molecule has 4 aliphatic rings. The summed E-state index contributed by atoms with van der Waals surface area (Å²) in [5.74, 6) is -2.23. The Bertz CT molecular complexity index is 1220. The van der Waals surface area contributed by atoms with Gasteiger partial charge in [0, 0.05) is 30.5 Å². The standard InChI is InChI=1S/C35H48BrN3O5/c1-5-18-37(21-24-14-10-8-11-15-24)32(41)28-29-33(42)39(27(22-40)23(4)7-3)31(35(29)20-26(36)30(28)44-35)34(43)38(19-6-2)25-16-12-9-13-17-25/h5-6,8,10-11,14-15,23,25-31,40H,1-2,7,9,12-13,16-22H2,3-4H3/t23-,26?,27-,28-,29-,30-,31?,35?/m0/s1. The molecule has 3 saturated heterocycles. The molecule has 1 spiro atoms. The van der Waals surface area contributed by atoms with Crippen molar-refractivity contribution in [2.24, 2.45) is 17.8 Å². The molecule has 9 heteroatoms. The van der Waals surface area contributed by atoms with Gasteiger partial charge in [-0.1, -0.05) is 97.9 Å². The van der Waals surface area contributed by atoms with Gasteiger partial charge in [0.1, 0.15) is 11.6 Å². The number of likely N-dealkylation sites (tertiary alicyclic amines) is 1. The molecule has 3 unspecified atom stereocenters. The van der Waals surface area contributed by atoms with Crippen LogP contribution in [0.25, 0.3) is 0 Å². The summed E-state index contributed by atoms with van der Waals surface area (Å²) in [6, 6.07) is 8.33. The monoisotopic (exact) mass is 669 g/mol. The first-order chi connectivity index (χ1) is 21.2. The van der Waals surface area contributed by atoms with Crippen LogP contribution >= 0.6 is 15.9 Å². The summed E-state index contributed by atoms with van der Waals surface area (Å²) in [4.78, 5) is 49.2. The van der Waals surface area contributed by atoms with Gasteiger partial charge in [-0.2, -0.15) is 0 Å². The van der Waals surface area contributed by atoms with Crippen molar-refractivity contribution in [3.05, 3.63) is 61.2 Å². The van der Waals surface area contributed by atoms with Gasteiger partial charge in [-0.15, -0.1) is 13.2 Å². The third-order valence-electron chi connectivity index (χ3n) is 10.6. The quantitative estimate of drug-likeness (QED) is 0.243. The molecule has 44 heavy (non-hydrogen) atoms. The highest BCUT2D eigenvalue weighted by Crippen LogP contribution is 2.61. The molecule has 0 radical (unpaired) electrons. The fourth-order valence-electron chi connectivity index (χ4n) is 8.31. The zero-order valence-corrected chi connectivity index (χ0v) is 27.7. The van der Waals surface area contributed by atoms with E-state index in [4.69, 9.17) is 4.74 Å². The molecule has 240 valence electrons. The number of alkyl halides is 1. The van der Waals surface area contributed by atoms with Gasteiger partial charge in [0.05, 0.1) is 30.6 Å². The molecule has 5 rings (SSSR count). The molecule has 1 saturated carbocycles. The second-order valence-electron chi connectivity index (χ2n) is 13.1. The fourth-order valence-corrected chi connectivity index (χ4v) is 9.25. The number of fused-ring (bicyclic) bond motifs is 1. The number of halogens is 1. The summed E-state index contributed by atoms with van der Waals surface area (Å²) >= 11 is 3.81. The number of carbonyl (C=O) groups excluding carboxylic acids is 3. The number of nitrogens with zero attached hydrogens (tertiary/aromatic N) is 3. The van der Waals surface area contributed by atoms with E-state index in [0.29, 0.717) is 26.1 Å². The van der Waals surface area contributed by atoms with Gasteiger partial charge in [0.2, 0.25) is 17.7 Å². The van der Waals surface area contributed by atoms with E-state index in [2.05, 4.69) is 29.1 Å². The molecule has 4 fully saturated rings. The van der Waals surface area contributed by atoms with E-state index in [-0.39, 0.29) is 41.1 Å². The first kappa shape index (κ1) is 32.9. The second kappa shape index (κ2) is 13.9. The SMILES string of the molecule is C=CCN(Cc1ccccc1)C(=O)[C@H]1[C@H]2C(=O)N([C@@H](CO)[C@@H](C)CC)C(C(=O)N(CC=C)C3CCCCC3)C23CC(Br)[C@@H]1O3. The lowest BCUT2D eigenvalue weighted by Crippen LogP contribution is -2.61. The molecule has 1 aromatic carbocycles. The van der Waals surface area contributed by atoms with E-state index >= 15 is 0 Å². The molecule has 8 atom stereocenters. The van der Waals surface area contributed by atoms with Crippen LogP contribution in [-0.4, -0.2) is 91.9 Å². The highest BCUT2D eigenvalue weighted by atomic mass is 79.9. The molecule has 0 aromatic heterocycles. The highest BCUT2D eigenvalue weighted by molar-refractivity contribution is 9.09. The van der Waals surface area contributed by atoms with Crippen molar-refractivity contribution >= 4 is 33.7 Å². The summed E-state index contributed by atoms with van der Waals surface area (Å²) < 4.78 is 6.83. The van der Waals surface area contributed by atoms with Crippen LogP contribution in [0.5, 0.6) is 0 Å². The summed E-state index contributed by atoms with van der Waals surface area (Å²) in [5, 5.41) is 10.7. The molecule has 1 aliphatic carbocycles. The maximum atomic E-state index is 14.9. The van der Waals surface area contributed by atoms with Gasteiger partial charge in [0.25, 0.3) is 0 Å². The number of hydrogen-bond acceptors (Lipinski definition) is 5. The summed E-state index contributed by atoms with van der Waals surface area (Å²) in [6.45, 7) is 12.7. The van der Waals surface area contributed by atoms with Gasteiger partial charge < -0.3 is 24.5 Å². The zero-order chi connectivity index (χ0) is 31.6. The van der Waals surface area contributed by atoms with Crippen molar-refractivity contribution in [1.29, 1.82) is 0 Å². The van der Waals surface area contributed by atoms with Crippen LogP contribution in [0.2, 0.25) is 0 Å². The minimum Gasteiger partial charge on any atom is -0.394 e. The number of aliphatic hydroxyl groups is 1. The molecular formula is C35H48BrN3O5. The van der Waals surface area contributed by atoms with Crippen molar-refractivity contribution in [3.63, 3.8) is 0 Å². The molecule has 1 N–H and O–H groups in total. The average Bonchev–Trinajstić information content (AvgIpc) is 3.63. The lowest BCUT2D eigenvalue weighted by molar-refractivity contribution is -0.154. The zero-order valence-electron chi connectivity index (χ0n) is 26.2. The fraction of sp³-hybridized carbons (Fsp3) is 0.629. The Balaban J connectivity index is 1.58. The Morgan fingerprint density at radius 1 is 1.14 bits per heavy atom. The number of carbonyl (C=O) groups is 3. The van der Waals surface area contributed by atoms with Gasteiger partial charge in [-0.25, -0.2) is 0 Å². The summed E-state index contributed by atoms with van der Waals surface area (Å²) in [5.41, 5.74) is -0.191. The van der Waals surface area contributed by atoms with Crippen molar-refractivity contribution < 1.29 is 24.2 Å². The van der Waals surface area contributed by atoms with Gasteiger partial charge in [0.15, 0.2) is 0 Å². The van der Waals surface area contributed by atoms with E-state index in [1.54, 1.807) is 22.0 Å². The topological polar surface area (TPSA) is 90.4 Å². The van der Waals surface area contributed by atoms with Crippen LogP contribution in [0, 0.1) is 17.8 Å². The minimum atomic E-state index is -1.17. The first-order valence-electron chi connectivity index (χ1n) is 16.3. The molecular weight excluding hydrogens is 622 g/mol. The Morgan fingerprint density at radius 2 is 1.82 bits per heavy atom. The van der Waals surface area contributed by atoms with Gasteiger partial charge >= 0.3 is 0 Å². The normalized spacial score (nSPS) is 31.0. The van der Waals surface area contributed by atoms with Gasteiger partial charge in [-0.3, -0.25) is 14.4 Å². The Kier molecular flexibility index (Phi) is 10.4. The smallest absolute Gasteiger partial charge is 0.248 e. The number of rotatable bonds is 13. The van der Waals surface area contributed by atoms with E-state index in [1.807, 2.05) is 49.1 Å². The lowest BCUT2D eigenvalue weighted by Gasteiger charge is -2.43. The summed E-state index contributed by atoms with van der Waals surface area (Å²) in [6.07, 6.45) is 9.15. The molecule has 3 aliphatic heterocycles. The van der Waals surface area contributed by atoms with Crippen LogP contribution in [0.1, 0.15) is 64.4 Å². The molecule has 3 heterocycles. The maximum Gasteiger partial charge on any atom is 0.248 e. The first-order valence-corrected chi connectivity index (χ1v) is 17.2. The third kappa shape index (κ3) is 5.69. The number of benzene rings is 1. The molecule has 8 nitrogen and oxygen atoms in total. The predicted octanol–water partition coefficient (Wildman–Crippen LogP) is 4.70. The van der Waals surface area contributed by atoms with Crippen LogP contribution in [0.3, 0.4) is 0 Å². The molecule has 1 aromatic rings.